The quantitative estimate of drug-likeness (QED) is 0.814. The third-order valence-electron chi connectivity index (χ3n) is 3.61. The summed E-state index contributed by atoms with van der Waals surface area (Å²) < 4.78 is 42.9. The Bertz CT molecular complexity index is 460. The van der Waals surface area contributed by atoms with Gasteiger partial charge in [0.25, 0.3) is 0 Å². The molecule has 1 aliphatic rings. The predicted octanol–water partition coefficient (Wildman–Crippen LogP) is 2.83. The molecule has 0 heterocycles. The highest BCUT2D eigenvalue weighted by atomic mass is 19.4. The van der Waals surface area contributed by atoms with E-state index in [1.165, 1.54) is 25.0 Å². The second kappa shape index (κ2) is 6.66. The third-order valence-corrected chi connectivity index (χ3v) is 3.61. The van der Waals surface area contributed by atoms with E-state index in [1.807, 2.05) is 0 Å². The molecule has 1 aromatic carbocycles. The van der Waals surface area contributed by atoms with Crippen molar-refractivity contribution in [3.8, 4) is 5.75 Å². The summed E-state index contributed by atoms with van der Waals surface area (Å²) in [5.41, 5.74) is -0.755. The molecule has 1 aliphatic carbocycles. The first-order valence-corrected chi connectivity index (χ1v) is 7.08. The zero-order chi connectivity index (χ0) is 15.5. The minimum Gasteiger partial charge on any atom is -0.491 e. The molecule has 0 bridgehead atoms. The molecule has 0 aromatic heterocycles. The first-order chi connectivity index (χ1) is 9.86. The Hall–Kier alpha value is -1.27. The molecule has 0 saturated heterocycles. The molecule has 1 aromatic rings. The molecule has 0 amide bonds. The second-order valence-electron chi connectivity index (χ2n) is 5.52. The lowest BCUT2D eigenvalue weighted by Crippen LogP contribution is -2.37. The lowest BCUT2D eigenvalue weighted by molar-refractivity contribution is -0.137. The standard InChI is InChI=1S/C15H20F3NO2/c1-10(11-5-6-11)19-8-13(20)9-21-14-4-2-3-12(7-14)15(16,17)18/h2-4,7,10-11,13,19-20H,5-6,8-9H2,1H3. The van der Waals surface area contributed by atoms with E-state index in [1.54, 1.807) is 0 Å². The topological polar surface area (TPSA) is 41.5 Å². The van der Waals surface area contributed by atoms with Crippen molar-refractivity contribution in [1.29, 1.82) is 0 Å². The number of aliphatic hydroxyl groups excluding tert-OH is 1. The number of halogens is 3. The van der Waals surface area contributed by atoms with Gasteiger partial charge in [0, 0.05) is 12.6 Å². The molecule has 2 unspecified atom stereocenters. The van der Waals surface area contributed by atoms with E-state index in [9.17, 15) is 18.3 Å². The van der Waals surface area contributed by atoms with Gasteiger partial charge in [-0.05, 0) is 43.9 Å². The Morgan fingerprint density at radius 3 is 2.71 bits per heavy atom. The van der Waals surface area contributed by atoms with Crippen molar-refractivity contribution < 1.29 is 23.0 Å². The van der Waals surface area contributed by atoms with Crippen LogP contribution in [-0.2, 0) is 6.18 Å². The van der Waals surface area contributed by atoms with E-state index < -0.39 is 17.8 Å². The summed E-state index contributed by atoms with van der Waals surface area (Å²) >= 11 is 0. The second-order valence-corrected chi connectivity index (χ2v) is 5.52. The van der Waals surface area contributed by atoms with Crippen LogP contribution in [0.25, 0.3) is 0 Å². The largest absolute Gasteiger partial charge is 0.491 e. The fraction of sp³-hybridized carbons (Fsp3) is 0.600. The minimum absolute atomic E-state index is 0.0360. The number of hydrogen-bond acceptors (Lipinski definition) is 3. The van der Waals surface area contributed by atoms with E-state index in [-0.39, 0.29) is 12.4 Å². The summed E-state index contributed by atoms with van der Waals surface area (Å²) in [5, 5.41) is 13.0. The number of nitrogens with one attached hydrogen (secondary N) is 1. The SMILES string of the molecule is CC(NCC(O)COc1cccc(C(F)(F)F)c1)C1CC1. The molecule has 2 N–H and O–H groups in total. The normalized spacial score (nSPS) is 18.3. The third kappa shape index (κ3) is 5.21. The number of ether oxygens (including phenoxy) is 1. The maximum Gasteiger partial charge on any atom is 0.416 e. The molecule has 2 rings (SSSR count). The van der Waals surface area contributed by atoms with E-state index >= 15 is 0 Å². The number of alkyl halides is 3. The average Bonchev–Trinajstić information content (AvgIpc) is 3.26. The van der Waals surface area contributed by atoms with Gasteiger partial charge in [-0.1, -0.05) is 6.07 Å². The van der Waals surface area contributed by atoms with Crippen molar-refractivity contribution in [3.05, 3.63) is 29.8 Å². The van der Waals surface area contributed by atoms with Crippen LogP contribution in [0, 0.1) is 5.92 Å². The van der Waals surface area contributed by atoms with Crippen molar-refractivity contribution >= 4 is 0 Å². The van der Waals surface area contributed by atoms with Gasteiger partial charge in [0.05, 0.1) is 5.56 Å². The maximum absolute atomic E-state index is 12.5. The minimum atomic E-state index is -4.39. The Morgan fingerprint density at radius 2 is 2.10 bits per heavy atom. The Kier molecular flexibility index (Phi) is 5.11. The zero-order valence-electron chi connectivity index (χ0n) is 11.9. The molecular formula is C15H20F3NO2. The first-order valence-electron chi connectivity index (χ1n) is 7.08. The van der Waals surface area contributed by atoms with E-state index in [0.29, 0.717) is 18.5 Å². The fourth-order valence-corrected chi connectivity index (χ4v) is 2.10. The van der Waals surface area contributed by atoms with Crippen molar-refractivity contribution in [1.82, 2.24) is 5.32 Å². The summed E-state index contributed by atoms with van der Waals surface area (Å²) in [5.74, 6) is 0.792. The highest BCUT2D eigenvalue weighted by molar-refractivity contribution is 5.30. The van der Waals surface area contributed by atoms with Crippen LogP contribution >= 0.6 is 0 Å². The van der Waals surface area contributed by atoms with Crippen molar-refractivity contribution in [2.45, 2.75) is 38.1 Å². The summed E-state index contributed by atoms with van der Waals surface area (Å²) in [6.45, 7) is 2.40. The van der Waals surface area contributed by atoms with Gasteiger partial charge in [-0.15, -0.1) is 0 Å². The zero-order valence-corrected chi connectivity index (χ0v) is 11.9. The van der Waals surface area contributed by atoms with E-state index in [2.05, 4.69) is 12.2 Å². The lowest BCUT2D eigenvalue weighted by atomic mass is 10.2. The first kappa shape index (κ1) is 16.1. The van der Waals surface area contributed by atoms with Crippen LogP contribution in [0.4, 0.5) is 13.2 Å². The lowest BCUT2D eigenvalue weighted by Gasteiger charge is -2.17. The number of hydrogen-bond donors (Lipinski definition) is 2. The van der Waals surface area contributed by atoms with Gasteiger partial charge in [0.1, 0.15) is 18.5 Å². The molecule has 0 radical (unpaired) electrons. The van der Waals surface area contributed by atoms with Crippen LogP contribution in [-0.4, -0.2) is 30.4 Å². The number of aliphatic hydroxyl groups is 1. The van der Waals surface area contributed by atoms with Crippen LogP contribution in [0.3, 0.4) is 0 Å². The predicted molar refractivity (Wildman–Crippen MR) is 73.1 cm³/mol. The molecule has 2 atom stereocenters. The van der Waals surface area contributed by atoms with Crippen LogP contribution in [0.5, 0.6) is 5.75 Å². The van der Waals surface area contributed by atoms with Gasteiger partial charge in [-0.2, -0.15) is 13.2 Å². The summed E-state index contributed by atoms with van der Waals surface area (Å²) in [6, 6.07) is 5.02. The summed E-state index contributed by atoms with van der Waals surface area (Å²) in [6.07, 6.45) is -2.71. The smallest absolute Gasteiger partial charge is 0.416 e. The molecule has 118 valence electrons. The van der Waals surface area contributed by atoms with Crippen molar-refractivity contribution in [2.75, 3.05) is 13.2 Å². The molecule has 0 aliphatic heterocycles. The van der Waals surface area contributed by atoms with Crippen LogP contribution in [0.15, 0.2) is 24.3 Å². The molecule has 1 saturated carbocycles. The summed E-state index contributed by atoms with van der Waals surface area (Å²) in [4.78, 5) is 0. The van der Waals surface area contributed by atoms with Gasteiger partial charge in [0.2, 0.25) is 0 Å². The maximum atomic E-state index is 12.5. The molecule has 6 heteroatoms. The summed E-state index contributed by atoms with van der Waals surface area (Å²) in [7, 11) is 0. The molecular weight excluding hydrogens is 283 g/mol. The molecule has 3 nitrogen and oxygen atoms in total. The Balaban J connectivity index is 1.76. The van der Waals surface area contributed by atoms with Crippen LogP contribution in [0.1, 0.15) is 25.3 Å². The average molecular weight is 303 g/mol. The van der Waals surface area contributed by atoms with Gasteiger partial charge >= 0.3 is 6.18 Å². The van der Waals surface area contributed by atoms with E-state index in [0.717, 1.165) is 12.1 Å². The van der Waals surface area contributed by atoms with Gasteiger partial charge in [-0.25, -0.2) is 0 Å². The van der Waals surface area contributed by atoms with Crippen LogP contribution in [0.2, 0.25) is 0 Å². The molecule has 0 spiro atoms. The molecule has 1 fully saturated rings. The Labute approximate surface area is 122 Å². The van der Waals surface area contributed by atoms with Gasteiger partial charge in [-0.3, -0.25) is 0 Å². The van der Waals surface area contributed by atoms with Crippen LogP contribution < -0.4 is 10.1 Å². The number of rotatable bonds is 7. The van der Waals surface area contributed by atoms with Crippen molar-refractivity contribution in [3.63, 3.8) is 0 Å². The highest BCUT2D eigenvalue weighted by Crippen LogP contribution is 2.32. The van der Waals surface area contributed by atoms with Crippen molar-refractivity contribution in [2.24, 2.45) is 5.92 Å². The van der Waals surface area contributed by atoms with Gasteiger partial charge < -0.3 is 15.2 Å². The monoisotopic (exact) mass is 303 g/mol. The highest BCUT2D eigenvalue weighted by Gasteiger charge is 2.30. The fourth-order valence-electron chi connectivity index (χ4n) is 2.10. The molecule has 21 heavy (non-hydrogen) atoms. The Morgan fingerprint density at radius 1 is 1.38 bits per heavy atom. The number of benzene rings is 1. The van der Waals surface area contributed by atoms with E-state index in [4.69, 9.17) is 4.74 Å². The van der Waals surface area contributed by atoms with Gasteiger partial charge in [0.15, 0.2) is 0 Å².